The van der Waals surface area contributed by atoms with E-state index in [0.29, 0.717) is 18.8 Å². The quantitative estimate of drug-likeness (QED) is 0.872. The van der Waals surface area contributed by atoms with E-state index >= 15 is 0 Å². The van der Waals surface area contributed by atoms with Crippen LogP contribution < -0.4 is 11.1 Å². The van der Waals surface area contributed by atoms with Gasteiger partial charge < -0.3 is 16.0 Å². The Labute approximate surface area is 140 Å². The number of nitrogens with two attached hydrogens (primary N) is 1. The van der Waals surface area contributed by atoms with Gasteiger partial charge in [-0.05, 0) is 26.0 Å². The van der Waals surface area contributed by atoms with E-state index < -0.39 is 5.91 Å². The Morgan fingerprint density at radius 1 is 1.17 bits per heavy atom. The molecule has 2 atom stereocenters. The van der Waals surface area contributed by atoms with Crippen molar-refractivity contribution in [2.24, 2.45) is 5.73 Å². The first-order valence-corrected chi connectivity index (χ1v) is 7.96. The summed E-state index contributed by atoms with van der Waals surface area (Å²) in [5.41, 5.74) is 6.57. The molecule has 1 aromatic carbocycles. The minimum atomic E-state index is -0.618. The van der Waals surface area contributed by atoms with E-state index in [1.807, 2.05) is 44.2 Å². The number of rotatable bonds is 3. The Morgan fingerprint density at radius 3 is 2.38 bits per heavy atom. The van der Waals surface area contributed by atoms with E-state index in [1.54, 1.807) is 4.90 Å². The molecule has 3 N–H and O–H groups in total. The van der Waals surface area contributed by atoms with Gasteiger partial charge in [0.25, 0.3) is 11.8 Å². The third kappa shape index (κ3) is 3.16. The summed E-state index contributed by atoms with van der Waals surface area (Å²) in [6.45, 7) is 5.28. The van der Waals surface area contributed by atoms with Gasteiger partial charge in [-0.15, -0.1) is 0 Å². The summed E-state index contributed by atoms with van der Waals surface area (Å²) in [7, 11) is 0. The Morgan fingerprint density at radius 2 is 1.79 bits per heavy atom. The highest BCUT2D eigenvalue weighted by molar-refractivity contribution is 5.97. The molecule has 0 aliphatic carbocycles. The second kappa shape index (κ2) is 6.45. The summed E-state index contributed by atoms with van der Waals surface area (Å²) in [5.74, 6) is -0.806. The first kappa shape index (κ1) is 16.2. The predicted octanol–water partition coefficient (Wildman–Crippen LogP) is 0.794. The van der Waals surface area contributed by atoms with Crippen molar-refractivity contribution in [3.8, 4) is 5.69 Å². The molecule has 0 unspecified atom stereocenters. The SMILES string of the molecule is C[C@H]1CN(C(=O)c2cc(C(N)=O)n(-c3ccccc3)n2)C[C@H](C)N1. The van der Waals surface area contributed by atoms with E-state index in [2.05, 4.69) is 10.4 Å². The summed E-state index contributed by atoms with van der Waals surface area (Å²) in [6, 6.07) is 11.0. The molecule has 24 heavy (non-hydrogen) atoms. The second-order valence-corrected chi connectivity index (χ2v) is 6.21. The van der Waals surface area contributed by atoms with Gasteiger partial charge in [-0.25, -0.2) is 4.68 Å². The van der Waals surface area contributed by atoms with Gasteiger partial charge in [-0.2, -0.15) is 5.10 Å². The molecular weight excluding hydrogens is 306 g/mol. The minimum absolute atomic E-state index is 0.188. The number of nitrogens with one attached hydrogen (secondary N) is 1. The predicted molar refractivity (Wildman–Crippen MR) is 90.0 cm³/mol. The van der Waals surface area contributed by atoms with Gasteiger partial charge in [-0.1, -0.05) is 18.2 Å². The fraction of sp³-hybridized carbons (Fsp3) is 0.353. The third-order valence-corrected chi connectivity index (χ3v) is 4.03. The number of benzene rings is 1. The van der Waals surface area contributed by atoms with Crippen LogP contribution in [0.1, 0.15) is 34.8 Å². The van der Waals surface area contributed by atoms with Crippen LogP contribution in [-0.4, -0.2) is 51.7 Å². The molecule has 1 aliphatic rings. The van der Waals surface area contributed by atoms with Crippen LogP contribution in [0.2, 0.25) is 0 Å². The van der Waals surface area contributed by atoms with Crippen molar-refractivity contribution in [3.05, 3.63) is 47.8 Å². The fourth-order valence-electron chi connectivity index (χ4n) is 3.08. The molecule has 0 radical (unpaired) electrons. The van der Waals surface area contributed by atoms with Crippen LogP contribution in [0.25, 0.3) is 5.69 Å². The highest BCUT2D eigenvalue weighted by Gasteiger charge is 2.28. The first-order chi connectivity index (χ1) is 11.5. The number of para-hydroxylation sites is 1. The van der Waals surface area contributed by atoms with Crippen molar-refractivity contribution in [2.45, 2.75) is 25.9 Å². The molecule has 7 heteroatoms. The normalized spacial score (nSPS) is 20.8. The number of amides is 2. The van der Waals surface area contributed by atoms with E-state index in [9.17, 15) is 9.59 Å². The highest BCUT2D eigenvalue weighted by atomic mass is 16.2. The highest BCUT2D eigenvalue weighted by Crippen LogP contribution is 2.15. The Kier molecular flexibility index (Phi) is 4.35. The molecule has 1 aromatic heterocycles. The Bertz CT molecular complexity index is 746. The zero-order valence-corrected chi connectivity index (χ0v) is 13.8. The van der Waals surface area contributed by atoms with Crippen LogP contribution in [0.3, 0.4) is 0 Å². The van der Waals surface area contributed by atoms with Crippen LogP contribution >= 0.6 is 0 Å². The molecular formula is C17H21N5O2. The lowest BCUT2D eigenvalue weighted by molar-refractivity contribution is 0.0667. The van der Waals surface area contributed by atoms with Crippen LogP contribution in [0.4, 0.5) is 0 Å². The van der Waals surface area contributed by atoms with Gasteiger partial charge in [0.2, 0.25) is 0 Å². The maximum absolute atomic E-state index is 12.8. The number of piperazine rings is 1. The van der Waals surface area contributed by atoms with Crippen LogP contribution in [0, 0.1) is 0 Å². The molecule has 0 saturated carbocycles. The number of primary amides is 1. The number of aromatic nitrogens is 2. The van der Waals surface area contributed by atoms with Crippen molar-refractivity contribution in [1.82, 2.24) is 20.0 Å². The zero-order valence-electron chi connectivity index (χ0n) is 13.8. The number of nitrogens with zero attached hydrogens (tertiary/aromatic N) is 3. The zero-order chi connectivity index (χ0) is 17.3. The number of carbonyl (C=O) groups excluding carboxylic acids is 2. The summed E-state index contributed by atoms with van der Waals surface area (Å²) >= 11 is 0. The van der Waals surface area contributed by atoms with Gasteiger partial charge in [0.1, 0.15) is 5.69 Å². The molecule has 2 aromatic rings. The van der Waals surface area contributed by atoms with Gasteiger partial charge >= 0.3 is 0 Å². The van der Waals surface area contributed by atoms with Gasteiger partial charge in [0.05, 0.1) is 5.69 Å². The van der Waals surface area contributed by atoms with Crippen molar-refractivity contribution in [2.75, 3.05) is 13.1 Å². The van der Waals surface area contributed by atoms with Gasteiger partial charge in [0, 0.05) is 31.2 Å². The Hall–Kier alpha value is -2.67. The van der Waals surface area contributed by atoms with Gasteiger partial charge in [0.15, 0.2) is 5.69 Å². The van der Waals surface area contributed by atoms with Crippen LogP contribution in [0.5, 0.6) is 0 Å². The number of hydrogen-bond acceptors (Lipinski definition) is 4. The van der Waals surface area contributed by atoms with E-state index in [1.165, 1.54) is 10.7 Å². The molecule has 3 rings (SSSR count). The number of hydrogen-bond donors (Lipinski definition) is 2. The van der Waals surface area contributed by atoms with Crippen LogP contribution in [0.15, 0.2) is 36.4 Å². The lowest BCUT2D eigenvalue weighted by atomic mass is 10.1. The maximum atomic E-state index is 12.8. The topological polar surface area (TPSA) is 93.2 Å². The summed E-state index contributed by atoms with van der Waals surface area (Å²) in [6.07, 6.45) is 0. The average molecular weight is 327 g/mol. The van der Waals surface area contributed by atoms with E-state index in [4.69, 9.17) is 5.73 Å². The van der Waals surface area contributed by atoms with Crippen molar-refractivity contribution in [3.63, 3.8) is 0 Å². The lowest BCUT2D eigenvalue weighted by Gasteiger charge is -2.35. The lowest BCUT2D eigenvalue weighted by Crippen LogP contribution is -2.55. The molecule has 7 nitrogen and oxygen atoms in total. The standard InChI is InChI=1S/C17H21N5O2/c1-11-9-21(10-12(2)19-11)17(24)14-8-15(16(18)23)22(20-14)13-6-4-3-5-7-13/h3-8,11-12,19H,9-10H2,1-2H3,(H2,18,23)/t11-,12-/m0/s1. The number of carbonyl (C=O) groups is 2. The third-order valence-electron chi connectivity index (χ3n) is 4.03. The average Bonchev–Trinajstić information content (AvgIpc) is 2.99. The van der Waals surface area contributed by atoms with Crippen LogP contribution in [-0.2, 0) is 0 Å². The summed E-state index contributed by atoms with van der Waals surface area (Å²) < 4.78 is 1.42. The molecule has 126 valence electrons. The van der Waals surface area contributed by atoms with Crippen molar-refractivity contribution < 1.29 is 9.59 Å². The maximum Gasteiger partial charge on any atom is 0.274 e. The molecule has 2 amide bonds. The van der Waals surface area contributed by atoms with Crippen molar-refractivity contribution >= 4 is 11.8 Å². The smallest absolute Gasteiger partial charge is 0.274 e. The van der Waals surface area contributed by atoms with Crippen molar-refractivity contribution in [1.29, 1.82) is 0 Å². The second-order valence-electron chi connectivity index (χ2n) is 6.21. The summed E-state index contributed by atoms with van der Waals surface area (Å²) in [5, 5.41) is 7.71. The fourth-order valence-corrected chi connectivity index (χ4v) is 3.08. The van der Waals surface area contributed by atoms with Gasteiger partial charge in [-0.3, -0.25) is 9.59 Å². The monoisotopic (exact) mass is 327 g/mol. The molecule has 0 spiro atoms. The molecule has 0 bridgehead atoms. The molecule has 1 aliphatic heterocycles. The first-order valence-electron chi connectivity index (χ1n) is 7.96. The molecule has 2 heterocycles. The Balaban J connectivity index is 1.94. The molecule has 1 fully saturated rings. The largest absolute Gasteiger partial charge is 0.364 e. The van der Waals surface area contributed by atoms with E-state index in [0.717, 1.165) is 0 Å². The minimum Gasteiger partial charge on any atom is -0.364 e. The summed E-state index contributed by atoms with van der Waals surface area (Å²) in [4.78, 5) is 26.3. The molecule has 1 saturated heterocycles. The van der Waals surface area contributed by atoms with E-state index in [-0.39, 0.29) is 29.4 Å².